The van der Waals surface area contributed by atoms with Gasteiger partial charge < -0.3 is 0 Å². The summed E-state index contributed by atoms with van der Waals surface area (Å²) in [6.45, 7) is 1.55. The third kappa shape index (κ3) is 2.90. The lowest BCUT2D eigenvalue weighted by molar-refractivity contribution is -0.386. The summed E-state index contributed by atoms with van der Waals surface area (Å²) >= 11 is 0. The number of hydrogen-bond donors (Lipinski definition) is 0. The highest BCUT2D eigenvalue weighted by Crippen LogP contribution is 2.31. The Morgan fingerprint density at radius 1 is 1.35 bits per heavy atom. The molecule has 2 aromatic rings. The molecule has 23 heavy (non-hydrogen) atoms. The predicted molar refractivity (Wildman–Crippen MR) is 83.3 cm³/mol. The summed E-state index contributed by atoms with van der Waals surface area (Å²) in [4.78, 5) is 35.0. The number of aromatic nitrogens is 2. The standard InChI is InChI=1S/C16H15N3O4/c1-10(20)13-14(12-5-3-2-4-6-12)17-18(9-11-7-8-11)16(21)15(13)19(22)23/h2-6,11H,7-9H2,1H3. The van der Waals surface area contributed by atoms with Crippen molar-refractivity contribution < 1.29 is 9.72 Å². The summed E-state index contributed by atoms with van der Waals surface area (Å²) in [5, 5.41) is 15.7. The van der Waals surface area contributed by atoms with Gasteiger partial charge in [0.1, 0.15) is 11.3 Å². The Balaban J connectivity index is 2.31. The summed E-state index contributed by atoms with van der Waals surface area (Å²) in [5.74, 6) is -0.217. The molecule has 3 rings (SSSR count). The van der Waals surface area contributed by atoms with Crippen LogP contribution < -0.4 is 5.56 Å². The third-order valence-electron chi connectivity index (χ3n) is 3.84. The van der Waals surface area contributed by atoms with E-state index < -0.39 is 22.0 Å². The van der Waals surface area contributed by atoms with Crippen LogP contribution in [0.3, 0.4) is 0 Å². The normalized spacial score (nSPS) is 13.8. The molecule has 0 bridgehead atoms. The smallest absolute Gasteiger partial charge is 0.294 e. The summed E-state index contributed by atoms with van der Waals surface area (Å²) in [6.07, 6.45) is 1.97. The number of ketones is 1. The number of nitro groups is 1. The summed E-state index contributed by atoms with van der Waals surface area (Å²) in [7, 11) is 0. The fourth-order valence-electron chi connectivity index (χ4n) is 2.53. The van der Waals surface area contributed by atoms with Crippen LogP contribution in [0.25, 0.3) is 11.3 Å². The molecule has 0 saturated heterocycles. The maximum Gasteiger partial charge on any atom is 0.348 e. The zero-order chi connectivity index (χ0) is 16.6. The monoisotopic (exact) mass is 313 g/mol. The van der Waals surface area contributed by atoms with Crippen LogP contribution in [-0.2, 0) is 6.54 Å². The van der Waals surface area contributed by atoms with Gasteiger partial charge in [0.15, 0.2) is 5.78 Å². The van der Waals surface area contributed by atoms with E-state index in [-0.39, 0.29) is 11.3 Å². The van der Waals surface area contributed by atoms with Gasteiger partial charge in [-0.3, -0.25) is 19.7 Å². The summed E-state index contributed by atoms with van der Waals surface area (Å²) in [6, 6.07) is 8.73. The van der Waals surface area contributed by atoms with Gasteiger partial charge in [-0.25, -0.2) is 4.68 Å². The molecular weight excluding hydrogens is 298 g/mol. The highest BCUT2D eigenvalue weighted by atomic mass is 16.6. The summed E-state index contributed by atoms with van der Waals surface area (Å²) < 4.78 is 1.13. The van der Waals surface area contributed by atoms with Gasteiger partial charge in [-0.15, -0.1) is 0 Å². The van der Waals surface area contributed by atoms with E-state index in [1.54, 1.807) is 30.3 Å². The van der Waals surface area contributed by atoms with Crippen LogP contribution in [0.15, 0.2) is 35.1 Å². The Kier molecular flexibility index (Phi) is 3.77. The van der Waals surface area contributed by atoms with Crippen molar-refractivity contribution in [2.75, 3.05) is 0 Å². The van der Waals surface area contributed by atoms with Crippen LogP contribution in [0.5, 0.6) is 0 Å². The Morgan fingerprint density at radius 2 is 2.00 bits per heavy atom. The number of carbonyl (C=O) groups is 1. The number of Topliss-reactive ketones (excluding diaryl/α,β-unsaturated/α-hetero) is 1. The van der Waals surface area contributed by atoms with Crippen LogP contribution in [0.1, 0.15) is 30.1 Å². The van der Waals surface area contributed by atoms with Crippen LogP contribution >= 0.6 is 0 Å². The van der Waals surface area contributed by atoms with Crippen molar-refractivity contribution >= 4 is 11.5 Å². The fraction of sp³-hybridized carbons (Fsp3) is 0.312. The van der Waals surface area contributed by atoms with Crippen molar-refractivity contribution in [1.82, 2.24) is 9.78 Å². The number of carbonyl (C=O) groups excluding carboxylic acids is 1. The van der Waals surface area contributed by atoms with Crippen molar-refractivity contribution in [1.29, 1.82) is 0 Å². The van der Waals surface area contributed by atoms with Crippen molar-refractivity contribution in [3.63, 3.8) is 0 Å². The molecule has 1 saturated carbocycles. The molecule has 1 aromatic heterocycles. The minimum absolute atomic E-state index is 0.185. The molecule has 118 valence electrons. The maximum atomic E-state index is 12.4. The van der Waals surface area contributed by atoms with Crippen LogP contribution in [0, 0.1) is 16.0 Å². The molecule has 1 aromatic carbocycles. The first-order valence-electron chi connectivity index (χ1n) is 7.35. The predicted octanol–water partition coefficient (Wildman–Crippen LogP) is 2.43. The molecule has 0 amide bonds. The molecule has 1 heterocycles. The lowest BCUT2D eigenvalue weighted by atomic mass is 10.0. The molecule has 0 radical (unpaired) electrons. The largest absolute Gasteiger partial charge is 0.348 e. The summed E-state index contributed by atoms with van der Waals surface area (Å²) in [5.41, 5.74) is -0.965. The molecule has 7 nitrogen and oxygen atoms in total. The highest BCUT2D eigenvalue weighted by Gasteiger charge is 2.32. The SMILES string of the molecule is CC(=O)c1c(-c2ccccc2)nn(CC2CC2)c(=O)c1[N+](=O)[O-]. The van der Waals surface area contributed by atoms with Crippen molar-refractivity contribution in [3.05, 3.63) is 56.4 Å². The lowest BCUT2D eigenvalue weighted by Gasteiger charge is -2.11. The Morgan fingerprint density at radius 3 is 2.52 bits per heavy atom. The average Bonchev–Trinajstić information content (AvgIpc) is 3.33. The molecule has 1 fully saturated rings. The highest BCUT2D eigenvalue weighted by molar-refractivity contribution is 6.03. The van der Waals surface area contributed by atoms with Gasteiger partial charge in [-0.2, -0.15) is 5.10 Å². The van der Waals surface area contributed by atoms with E-state index in [9.17, 15) is 19.7 Å². The van der Waals surface area contributed by atoms with E-state index in [1.165, 1.54) is 6.92 Å². The zero-order valence-electron chi connectivity index (χ0n) is 12.6. The molecule has 1 aliphatic rings. The van der Waals surface area contributed by atoms with Crippen molar-refractivity contribution in [2.24, 2.45) is 5.92 Å². The first-order chi connectivity index (χ1) is 11.0. The Bertz CT molecular complexity index is 838. The molecule has 0 N–H and O–H groups in total. The molecule has 0 spiro atoms. The second-order valence-corrected chi connectivity index (χ2v) is 5.68. The molecule has 0 atom stereocenters. The van der Waals surface area contributed by atoms with Gasteiger partial charge in [-0.05, 0) is 25.7 Å². The second kappa shape index (κ2) is 5.75. The number of rotatable bonds is 5. The minimum atomic E-state index is -0.813. The Hall–Kier alpha value is -2.83. The van der Waals surface area contributed by atoms with Gasteiger partial charge >= 0.3 is 11.2 Å². The lowest BCUT2D eigenvalue weighted by Crippen LogP contribution is -2.29. The van der Waals surface area contributed by atoms with E-state index >= 15 is 0 Å². The van der Waals surface area contributed by atoms with Crippen LogP contribution in [-0.4, -0.2) is 20.5 Å². The Labute approximate surface area is 131 Å². The van der Waals surface area contributed by atoms with E-state index in [4.69, 9.17) is 0 Å². The van der Waals surface area contributed by atoms with E-state index in [0.717, 1.165) is 17.5 Å². The zero-order valence-corrected chi connectivity index (χ0v) is 12.6. The van der Waals surface area contributed by atoms with Crippen molar-refractivity contribution in [3.8, 4) is 11.3 Å². The maximum absolute atomic E-state index is 12.4. The topological polar surface area (TPSA) is 95.1 Å². The first kappa shape index (κ1) is 15.1. The van der Waals surface area contributed by atoms with E-state index in [2.05, 4.69) is 5.10 Å². The molecule has 1 aliphatic carbocycles. The van der Waals surface area contributed by atoms with E-state index in [0.29, 0.717) is 18.0 Å². The van der Waals surface area contributed by atoms with E-state index in [1.807, 2.05) is 0 Å². The molecule has 0 aliphatic heterocycles. The van der Waals surface area contributed by atoms with Gasteiger partial charge in [0.05, 0.1) is 4.92 Å². The third-order valence-corrected chi connectivity index (χ3v) is 3.84. The molecule has 0 unspecified atom stereocenters. The fourth-order valence-corrected chi connectivity index (χ4v) is 2.53. The van der Waals surface area contributed by atoms with Gasteiger partial charge in [0.2, 0.25) is 0 Å². The first-order valence-corrected chi connectivity index (χ1v) is 7.35. The second-order valence-electron chi connectivity index (χ2n) is 5.68. The molecule has 7 heteroatoms. The average molecular weight is 313 g/mol. The number of hydrogen-bond acceptors (Lipinski definition) is 5. The quantitative estimate of drug-likeness (QED) is 0.480. The van der Waals surface area contributed by atoms with Crippen LogP contribution in [0.2, 0.25) is 0 Å². The van der Waals surface area contributed by atoms with Gasteiger partial charge in [0, 0.05) is 12.1 Å². The number of benzene rings is 1. The van der Waals surface area contributed by atoms with Gasteiger partial charge in [0.25, 0.3) is 0 Å². The molecular formula is C16H15N3O4. The van der Waals surface area contributed by atoms with Gasteiger partial charge in [-0.1, -0.05) is 30.3 Å². The van der Waals surface area contributed by atoms with Crippen LogP contribution in [0.4, 0.5) is 5.69 Å². The number of nitrogens with zero attached hydrogens (tertiary/aromatic N) is 3. The van der Waals surface area contributed by atoms with Crippen molar-refractivity contribution in [2.45, 2.75) is 26.3 Å². The minimum Gasteiger partial charge on any atom is -0.294 e.